The Balaban J connectivity index is 1.56. The predicted octanol–water partition coefficient (Wildman–Crippen LogP) is 7.48. The van der Waals surface area contributed by atoms with Gasteiger partial charge in [0.15, 0.2) is 0 Å². The number of carbonyl (C=O) groups excluding carboxylic acids is 1. The fraction of sp³-hybridized carbons (Fsp3) is 0.321. The van der Waals surface area contributed by atoms with Crippen molar-refractivity contribution in [1.29, 1.82) is 0 Å². The topological polar surface area (TPSA) is 35.5 Å². The van der Waals surface area contributed by atoms with Gasteiger partial charge < -0.3 is 9.47 Å². The van der Waals surface area contributed by atoms with Crippen molar-refractivity contribution in [2.45, 2.75) is 52.4 Å². The molecule has 3 heteroatoms. The Hall–Kier alpha value is -3.07. The molecule has 3 rings (SSSR count). The minimum atomic E-state index is -0.363. The summed E-state index contributed by atoms with van der Waals surface area (Å²) in [7, 11) is 0. The summed E-state index contributed by atoms with van der Waals surface area (Å²) >= 11 is 0. The summed E-state index contributed by atoms with van der Waals surface area (Å²) in [4.78, 5) is 12.5. The fourth-order valence-corrected chi connectivity index (χ4v) is 3.35. The zero-order valence-corrected chi connectivity index (χ0v) is 18.6. The van der Waals surface area contributed by atoms with Crippen LogP contribution in [-0.4, -0.2) is 12.6 Å². The maximum Gasteiger partial charge on any atom is 0.343 e. The molecule has 0 saturated heterocycles. The highest BCUT2D eigenvalue weighted by Gasteiger charge is 2.09. The third kappa shape index (κ3) is 6.99. The summed E-state index contributed by atoms with van der Waals surface area (Å²) in [5.41, 5.74) is 4.14. The number of carbonyl (C=O) groups is 1. The second-order valence-electron chi connectivity index (χ2n) is 7.79. The van der Waals surface area contributed by atoms with E-state index in [-0.39, 0.29) is 5.97 Å². The molecule has 3 aromatic rings. The van der Waals surface area contributed by atoms with Gasteiger partial charge in [0.25, 0.3) is 0 Å². The van der Waals surface area contributed by atoms with Crippen LogP contribution in [0.3, 0.4) is 0 Å². The van der Waals surface area contributed by atoms with Gasteiger partial charge in [0.2, 0.25) is 0 Å². The van der Waals surface area contributed by atoms with E-state index in [0.717, 1.165) is 36.1 Å². The number of ether oxygens (including phenoxy) is 2. The third-order valence-corrected chi connectivity index (χ3v) is 5.28. The van der Waals surface area contributed by atoms with Crippen molar-refractivity contribution < 1.29 is 14.3 Å². The summed E-state index contributed by atoms with van der Waals surface area (Å²) < 4.78 is 11.1. The molecule has 0 amide bonds. The number of benzene rings is 3. The Bertz CT molecular complexity index is 926. The van der Waals surface area contributed by atoms with E-state index in [2.05, 4.69) is 38.1 Å². The molecule has 0 heterocycles. The van der Waals surface area contributed by atoms with Crippen LogP contribution in [0.5, 0.6) is 11.5 Å². The highest BCUT2D eigenvalue weighted by atomic mass is 16.5. The van der Waals surface area contributed by atoms with E-state index in [1.54, 1.807) is 12.1 Å². The first-order valence-corrected chi connectivity index (χ1v) is 11.3. The van der Waals surface area contributed by atoms with Crippen LogP contribution < -0.4 is 9.47 Å². The fourth-order valence-electron chi connectivity index (χ4n) is 3.35. The highest BCUT2D eigenvalue weighted by molar-refractivity contribution is 5.91. The van der Waals surface area contributed by atoms with Gasteiger partial charge in [-0.05, 0) is 72.4 Å². The van der Waals surface area contributed by atoms with Crippen molar-refractivity contribution in [3.8, 4) is 22.6 Å². The van der Waals surface area contributed by atoms with Gasteiger partial charge in [-0.15, -0.1) is 0 Å². The smallest absolute Gasteiger partial charge is 0.343 e. The number of aryl methyl sites for hydroxylation is 1. The minimum Gasteiger partial charge on any atom is -0.494 e. The lowest BCUT2D eigenvalue weighted by atomic mass is 10.0. The first-order chi connectivity index (χ1) is 15.2. The van der Waals surface area contributed by atoms with Crippen LogP contribution in [0.4, 0.5) is 0 Å². The molecule has 3 aromatic carbocycles. The molecule has 0 aliphatic heterocycles. The van der Waals surface area contributed by atoms with Gasteiger partial charge in [0.1, 0.15) is 11.5 Å². The van der Waals surface area contributed by atoms with Gasteiger partial charge in [0.05, 0.1) is 12.2 Å². The standard InChI is InChI=1S/C28H32O3/c1-3-5-7-8-22-9-11-23(12-10-22)24-13-15-25(16-14-24)28(29)31-27-19-17-26(18-20-27)30-21-6-4-2/h9-20H,3-8,21H2,1-2H3. The number of hydrogen-bond donors (Lipinski definition) is 0. The Labute approximate surface area is 186 Å². The summed E-state index contributed by atoms with van der Waals surface area (Å²) in [6, 6.07) is 23.4. The Morgan fingerprint density at radius 3 is 1.87 bits per heavy atom. The van der Waals surface area contributed by atoms with Gasteiger partial charge in [-0.1, -0.05) is 69.5 Å². The summed E-state index contributed by atoms with van der Waals surface area (Å²) in [6.45, 7) is 5.05. The quantitative estimate of drug-likeness (QED) is 0.185. The minimum absolute atomic E-state index is 0.363. The molecule has 0 unspecified atom stereocenters. The van der Waals surface area contributed by atoms with Crippen LogP contribution >= 0.6 is 0 Å². The molecule has 0 saturated carbocycles. The van der Waals surface area contributed by atoms with Crippen LogP contribution in [0.1, 0.15) is 61.9 Å². The van der Waals surface area contributed by atoms with Gasteiger partial charge in [0, 0.05) is 0 Å². The highest BCUT2D eigenvalue weighted by Crippen LogP contribution is 2.23. The molecule has 162 valence electrons. The SMILES string of the molecule is CCCCCc1ccc(-c2ccc(C(=O)Oc3ccc(OCCCC)cc3)cc2)cc1. The van der Waals surface area contributed by atoms with Crippen LogP contribution in [0.15, 0.2) is 72.8 Å². The Morgan fingerprint density at radius 2 is 1.26 bits per heavy atom. The summed E-state index contributed by atoms with van der Waals surface area (Å²) in [5.74, 6) is 0.932. The largest absolute Gasteiger partial charge is 0.494 e. The van der Waals surface area contributed by atoms with E-state index in [4.69, 9.17) is 9.47 Å². The number of esters is 1. The maximum atomic E-state index is 12.5. The normalized spacial score (nSPS) is 10.6. The lowest BCUT2D eigenvalue weighted by molar-refractivity contribution is 0.0734. The average Bonchev–Trinajstić information content (AvgIpc) is 2.81. The number of unbranched alkanes of at least 4 members (excludes halogenated alkanes) is 3. The first kappa shape index (κ1) is 22.6. The second-order valence-corrected chi connectivity index (χ2v) is 7.79. The van der Waals surface area contributed by atoms with Crippen LogP contribution in [0.25, 0.3) is 11.1 Å². The van der Waals surface area contributed by atoms with Crippen molar-refractivity contribution in [2.24, 2.45) is 0 Å². The van der Waals surface area contributed by atoms with Crippen molar-refractivity contribution >= 4 is 5.97 Å². The van der Waals surface area contributed by atoms with Gasteiger partial charge in [-0.25, -0.2) is 4.79 Å². The van der Waals surface area contributed by atoms with Crippen molar-refractivity contribution in [3.63, 3.8) is 0 Å². The molecule has 0 radical (unpaired) electrons. The predicted molar refractivity (Wildman–Crippen MR) is 127 cm³/mol. The lowest BCUT2D eigenvalue weighted by Crippen LogP contribution is -2.08. The van der Waals surface area contributed by atoms with Crippen LogP contribution in [0, 0.1) is 0 Å². The molecule has 0 N–H and O–H groups in total. The first-order valence-electron chi connectivity index (χ1n) is 11.3. The van der Waals surface area contributed by atoms with Crippen LogP contribution in [-0.2, 0) is 6.42 Å². The molecule has 31 heavy (non-hydrogen) atoms. The lowest BCUT2D eigenvalue weighted by Gasteiger charge is -2.08. The Morgan fingerprint density at radius 1 is 0.677 bits per heavy atom. The van der Waals surface area contributed by atoms with E-state index < -0.39 is 0 Å². The van der Waals surface area contributed by atoms with Gasteiger partial charge in [-0.2, -0.15) is 0 Å². The van der Waals surface area contributed by atoms with E-state index >= 15 is 0 Å². The summed E-state index contributed by atoms with van der Waals surface area (Å²) in [5, 5.41) is 0. The van der Waals surface area contributed by atoms with Crippen molar-refractivity contribution in [3.05, 3.63) is 83.9 Å². The van der Waals surface area contributed by atoms with Gasteiger partial charge >= 0.3 is 5.97 Å². The monoisotopic (exact) mass is 416 g/mol. The zero-order valence-electron chi connectivity index (χ0n) is 18.6. The summed E-state index contributed by atoms with van der Waals surface area (Å²) in [6.07, 6.45) is 7.00. The molecule has 0 bridgehead atoms. The molecule has 0 spiro atoms. The van der Waals surface area contributed by atoms with Crippen molar-refractivity contribution in [1.82, 2.24) is 0 Å². The average molecular weight is 417 g/mol. The number of rotatable bonds is 11. The second kappa shape index (κ2) is 11.9. The molecule has 3 nitrogen and oxygen atoms in total. The molecule has 0 aromatic heterocycles. The molecule has 0 aliphatic carbocycles. The number of hydrogen-bond acceptors (Lipinski definition) is 3. The van der Waals surface area contributed by atoms with E-state index in [9.17, 15) is 4.79 Å². The van der Waals surface area contributed by atoms with E-state index in [1.807, 2.05) is 36.4 Å². The van der Waals surface area contributed by atoms with E-state index in [0.29, 0.717) is 17.9 Å². The van der Waals surface area contributed by atoms with Crippen LogP contribution in [0.2, 0.25) is 0 Å². The molecule has 0 aliphatic rings. The van der Waals surface area contributed by atoms with E-state index in [1.165, 1.54) is 24.8 Å². The molecule has 0 atom stereocenters. The molecular formula is C28H32O3. The Kier molecular flexibility index (Phi) is 8.71. The van der Waals surface area contributed by atoms with Crippen molar-refractivity contribution in [2.75, 3.05) is 6.61 Å². The van der Waals surface area contributed by atoms with Gasteiger partial charge in [-0.3, -0.25) is 0 Å². The zero-order chi connectivity index (χ0) is 21.9. The molecule has 0 fully saturated rings. The molecular weight excluding hydrogens is 384 g/mol. The third-order valence-electron chi connectivity index (χ3n) is 5.28. The maximum absolute atomic E-state index is 12.5.